The van der Waals surface area contributed by atoms with Crippen molar-refractivity contribution >= 4 is 23.9 Å². The topological polar surface area (TPSA) is 67.3 Å². The third-order valence-corrected chi connectivity index (χ3v) is 3.22. The van der Waals surface area contributed by atoms with Gasteiger partial charge in [-0.3, -0.25) is 0 Å². The van der Waals surface area contributed by atoms with Gasteiger partial charge in [-0.15, -0.1) is 17.5 Å². The van der Waals surface area contributed by atoms with Crippen molar-refractivity contribution in [1.29, 1.82) is 0 Å². The van der Waals surface area contributed by atoms with Crippen LogP contribution >= 0.6 is 23.9 Å². The van der Waals surface area contributed by atoms with Crippen molar-refractivity contribution in [2.45, 2.75) is 26.0 Å². The number of hydrogen-bond donors (Lipinski definition) is 2. The van der Waals surface area contributed by atoms with Crippen LogP contribution in [0.2, 0.25) is 0 Å². The Hall–Kier alpha value is -1.21. The van der Waals surface area contributed by atoms with Gasteiger partial charge in [-0.1, -0.05) is 30.5 Å². The van der Waals surface area contributed by atoms with Crippen LogP contribution in [-0.2, 0) is 0 Å². The molecule has 1 aromatic carbocycles. The predicted octanol–water partition coefficient (Wildman–Crippen LogP) is 2.36. The number of aliphatic hydroxyl groups is 1. The normalized spacial score (nSPS) is 12.0. The lowest BCUT2D eigenvalue weighted by atomic mass is 10.1. The standard InChI is InChI=1S/C14H19N3O2S.ClH/c1-10(2)15-7-11(18)8-19-14-6-4-3-5-12(14)13-9-20-17-16-13;/h3-6,9-11,15,18H,7-8H2,1-2H3;1H. The van der Waals surface area contributed by atoms with Crippen molar-refractivity contribution in [3.63, 3.8) is 0 Å². The van der Waals surface area contributed by atoms with Crippen LogP contribution in [0, 0.1) is 0 Å². The summed E-state index contributed by atoms with van der Waals surface area (Å²) in [6.45, 7) is 4.84. The molecule has 0 fully saturated rings. The largest absolute Gasteiger partial charge is 0.490 e. The summed E-state index contributed by atoms with van der Waals surface area (Å²) >= 11 is 1.30. The number of benzene rings is 1. The SMILES string of the molecule is CC(C)NCC(O)COc1ccccc1-c1csnn1.Cl. The highest BCUT2D eigenvalue weighted by Gasteiger charge is 2.11. The Balaban J connectivity index is 0.00000220. The minimum absolute atomic E-state index is 0. The van der Waals surface area contributed by atoms with E-state index < -0.39 is 6.10 Å². The quantitative estimate of drug-likeness (QED) is 0.816. The van der Waals surface area contributed by atoms with E-state index in [2.05, 4.69) is 14.9 Å². The molecule has 2 rings (SSSR count). The molecule has 0 saturated heterocycles. The van der Waals surface area contributed by atoms with E-state index in [1.807, 2.05) is 43.5 Å². The molecule has 0 amide bonds. The van der Waals surface area contributed by atoms with Gasteiger partial charge in [-0.05, 0) is 23.7 Å². The molecular formula is C14H20ClN3O2S. The number of aliphatic hydroxyl groups excluding tert-OH is 1. The minimum Gasteiger partial charge on any atom is -0.490 e. The van der Waals surface area contributed by atoms with Gasteiger partial charge >= 0.3 is 0 Å². The van der Waals surface area contributed by atoms with Gasteiger partial charge in [0.05, 0.1) is 0 Å². The van der Waals surface area contributed by atoms with Crippen LogP contribution in [-0.4, -0.2) is 40.0 Å². The van der Waals surface area contributed by atoms with Crippen LogP contribution in [0.5, 0.6) is 5.75 Å². The minimum atomic E-state index is -0.543. The Morgan fingerprint density at radius 1 is 1.33 bits per heavy atom. The highest BCUT2D eigenvalue weighted by atomic mass is 35.5. The van der Waals surface area contributed by atoms with Crippen molar-refractivity contribution in [2.75, 3.05) is 13.2 Å². The van der Waals surface area contributed by atoms with E-state index in [1.165, 1.54) is 11.5 Å². The summed E-state index contributed by atoms with van der Waals surface area (Å²) in [6, 6.07) is 7.98. The zero-order chi connectivity index (χ0) is 14.4. The Bertz CT molecular complexity index is 523. The maximum atomic E-state index is 9.87. The summed E-state index contributed by atoms with van der Waals surface area (Å²) in [6.07, 6.45) is -0.543. The molecular weight excluding hydrogens is 310 g/mol. The summed E-state index contributed by atoms with van der Waals surface area (Å²) in [5.41, 5.74) is 1.69. The molecule has 0 bridgehead atoms. The lowest BCUT2D eigenvalue weighted by Crippen LogP contribution is -2.35. The van der Waals surface area contributed by atoms with E-state index in [9.17, 15) is 5.11 Å². The molecule has 0 aliphatic carbocycles. The van der Waals surface area contributed by atoms with Gasteiger partial charge in [0.15, 0.2) is 0 Å². The van der Waals surface area contributed by atoms with Gasteiger partial charge in [0.25, 0.3) is 0 Å². The maximum absolute atomic E-state index is 9.87. The first kappa shape index (κ1) is 17.8. The lowest BCUT2D eigenvalue weighted by Gasteiger charge is -2.16. The van der Waals surface area contributed by atoms with E-state index >= 15 is 0 Å². The number of hydrogen-bond acceptors (Lipinski definition) is 6. The van der Waals surface area contributed by atoms with E-state index in [-0.39, 0.29) is 19.0 Å². The van der Waals surface area contributed by atoms with Gasteiger partial charge in [-0.25, -0.2) is 0 Å². The molecule has 0 aliphatic heterocycles. The molecule has 1 atom stereocenters. The Morgan fingerprint density at radius 2 is 2.10 bits per heavy atom. The molecule has 5 nitrogen and oxygen atoms in total. The summed E-state index contributed by atoms with van der Waals surface area (Å²) in [5, 5.41) is 19.0. The Labute approximate surface area is 134 Å². The van der Waals surface area contributed by atoms with Crippen molar-refractivity contribution < 1.29 is 9.84 Å². The van der Waals surface area contributed by atoms with Gasteiger partial charge in [0.1, 0.15) is 24.2 Å². The first-order chi connectivity index (χ1) is 9.66. The second-order valence-electron chi connectivity index (χ2n) is 4.81. The number of nitrogens with zero attached hydrogens (tertiary/aromatic N) is 2. The van der Waals surface area contributed by atoms with Crippen LogP contribution < -0.4 is 10.1 Å². The Morgan fingerprint density at radius 3 is 2.76 bits per heavy atom. The molecule has 0 aliphatic rings. The fraction of sp³-hybridized carbons (Fsp3) is 0.429. The van der Waals surface area contributed by atoms with E-state index in [0.717, 1.165) is 11.3 Å². The van der Waals surface area contributed by atoms with Crippen molar-refractivity contribution in [2.24, 2.45) is 0 Å². The van der Waals surface area contributed by atoms with E-state index in [0.29, 0.717) is 18.3 Å². The highest BCUT2D eigenvalue weighted by Crippen LogP contribution is 2.28. The van der Waals surface area contributed by atoms with E-state index in [1.54, 1.807) is 0 Å². The smallest absolute Gasteiger partial charge is 0.128 e. The van der Waals surface area contributed by atoms with Crippen LogP contribution in [0.4, 0.5) is 0 Å². The molecule has 1 aromatic heterocycles. The molecule has 0 radical (unpaired) electrons. The fourth-order valence-electron chi connectivity index (χ4n) is 1.70. The molecule has 7 heteroatoms. The summed E-state index contributed by atoms with van der Waals surface area (Å²) < 4.78 is 9.56. The maximum Gasteiger partial charge on any atom is 0.128 e. The van der Waals surface area contributed by atoms with E-state index in [4.69, 9.17) is 4.74 Å². The first-order valence-electron chi connectivity index (χ1n) is 6.57. The van der Waals surface area contributed by atoms with Gasteiger partial charge in [0, 0.05) is 23.5 Å². The molecule has 2 N–H and O–H groups in total. The molecule has 2 aromatic rings. The molecule has 1 unspecified atom stereocenters. The predicted molar refractivity (Wildman–Crippen MR) is 87.2 cm³/mol. The zero-order valence-electron chi connectivity index (χ0n) is 12.0. The zero-order valence-corrected chi connectivity index (χ0v) is 13.7. The van der Waals surface area contributed by atoms with Crippen LogP contribution in [0.3, 0.4) is 0 Å². The summed E-state index contributed by atoms with van der Waals surface area (Å²) in [5.74, 6) is 0.712. The average molecular weight is 330 g/mol. The van der Waals surface area contributed by atoms with Crippen molar-refractivity contribution in [3.8, 4) is 17.0 Å². The second-order valence-corrected chi connectivity index (χ2v) is 5.42. The number of rotatable bonds is 7. The summed E-state index contributed by atoms with van der Waals surface area (Å²) in [7, 11) is 0. The van der Waals surface area contributed by atoms with Gasteiger partial charge in [-0.2, -0.15) is 0 Å². The van der Waals surface area contributed by atoms with Gasteiger partial charge in [0.2, 0.25) is 0 Å². The number of ether oxygens (including phenoxy) is 1. The average Bonchev–Trinajstić information content (AvgIpc) is 2.97. The summed E-state index contributed by atoms with van der Waals surface area (Å²) in [4.78, 5) is 0. The monoisotopic (exact) mass is 329 g/mol. The number of para-hydroxylation sites is 1. The highest BCUT2D eigenvalue weighted by molar-refractivity contribution is 7.03. The van der Waals surface area contributed by atoms with Gasteiger partial charge < -0.3 is 15.2 Å². The van der Waals surface area contributed by atoms with Crippen molar-refractivity contribution in [3.05, 3.63) is 29.6 Å². The number of halogens is 1. The first-order valence-corrected chi connectivity index (χ1v) is 7.41. The molecule has 116 valence electrons. The Kier molecular flexibility index (Phi) is 7.60. The third kappa shape index (κ3) is 5.59. The molecule has 21 heavy (non-hydrogen) atoms. The van der Waals surface area contributed by atoms with Crippen LogP contribution in [0.15, 0.2) is 29.6 Å². The van der Waals surface area contributed by atoms with Crippen LogP contribution in [0.25, 0.3) is 11.3 Å². The second kappa shape index (κ2) is 8.94. The molecule has 0 saturated carbocycles. The molecule has 1 heterocycles. The molecule has 0 spiro atoms. The van der Waals surface area contributed by atoms with Crippen molar-refractivity contribution in [1.82, 2.24) is 14.9 Å². The third-order valence-electron chi connectivity index (χ3n) is 2.72. The lowest BCUT2D eigenvalue weighted by molar-refractivity contribution is 0.105. The van der Waals surface area contributed by atoms with Crippen LogP contribution in [0.1, 0.15) is 13.8 Å². The number of nitrogens with one attached hydrogen (secondary N) is 1. The number of aromatic nitrogens is 2. The fourth-order valence-corrected chi connectivity index (χ4v) is 2.16.